The fourth-order valence-corrected chi connectivity index (χ4v) is 3.87. The number of hydrogen-bond acceptors (Lipinski definition) is 6. The number of anilines is 1. The van der Waals surface area contributed by atoms with Gasteiger partial charge in [-0.3, -0.25) is 14.9 Å². The first kappa shape index (κ1) is 19.3. The minimum absolute atomic E-state index is 0.0538. The number of amides is 1. The summed E-state index contributed by atoms with van der Waals surface area (Å²) >= 11 is 6.22. The topological polar surface area (TPSA) is 93.9 Å². The van der Waals surface area contributed by atoms with Crippen molar-refractivity contribution in [1.82, 2.24) is 5.32 Å². The molecule has 0 aromatic heterocycles. The largest absolute Gasteiger partial charge is 0.486 e. The Balaban J connectivity index is 1.49. The number of fused-ring (bicyclic) bond motifs is 1. The first-order chi connectivity index (χ1) is 14.0. The standard InChI is InChI=1S/C20H20ClN3O5/c21-15-9-13(10-18-19(15)29-8-7-28-18)12-22-20(25)14-3-4-16(17(11-14)24(26)27)23-5-1-2-6-23/h3-4,9-11H,1-2,5-8,12H2,(H,22,25). The minimum Gasteiger partial charge on any atom is -0.486 e. The first-order valence-corrected chi connectivity index (χ1v) is 9.80. The lowest BCUT2D eigenvalue weighted by molar-refractivity contribution is -0.384. The molecule has 2 aromatic carbocycles. The Morgan fingerprint density at radius 1 is 1.17 bits per heavy atom. The molecule has 2 aliphatic heterocycles. The van der Waals surface area contributed by atoms with Crippen LogP contribution in [0.1, 0.15) is 28.8 Å². The molecule has 0 spiro atoms. The van der Waals surface area contributed by atoms with Gasteiger partial charge in [0.1, 0.15) is 18.9 Å². The minimum atomic E-state index is -0.439. The Morgan fingerprint density at radius 3 is 2.69 bits per heavy atom. The van der Waals surface area contributed by atoms with Crippen LogP contribution in [0.4, 0.5) is 11.4 Å². The van der Waals surface area contributed by atoms with Gasteiger partial charge >= 0.3 is 0 Å². The Hall–Kier alpha value is -3.00. The highest BCUT2D eigenvalue weighted by atomic mass is 35.5. The van der Waals surface area contributed by atoms with E-state index in [4.69, 9.17) is 21.1 Å². The van der Waals surface area contributed by atoms with Crippen molar-refractivity contribution in [2.45, 2.75) is 19.4 Å². The molecule has 0 saturated carbocycles. The van der Waals surface area contributed by atoms with E-state index < -0.39 is 10.8 Å². The third-order valence-corrected chi connectivity index (χ3v) is 5.27. The van der Waals surface area contributed by atoms with Crippen LogP contribution >= 0.6 is 11.6 Å². The van der Waals surface area contributed by atoms with Crippen molar-refractivity contribution < 1.29 is 19.2 Å². The lowest BCUT2D eigenvalue weighted by Gasteiger charge is -2.20. The molecular weight excluding hydrogens is 398 g/mol. The lowest BCUT2D eigenvalue weighted by Crippen LogP contribution is -2.24. The van der Waals surface area contributed by atoms with Crippen LogP contribution in [0.3, 0.4) is 0 Å². The molecule has 0 radical (unpaired) electrons. The maximum atomic E-state index is 12.6. The van der Waals surface area contributed by atoms with Gasteiger partial charge in [0.2, 0.25) is 0 Å². The van der Waals surface area contributed by atoms with E-state index in [2.05, 4.69) is 5.32 Å². The molecule has 8 nitrogen and oxygen atoms in total. The monoisotopic (exact) mass is 417 g/mol. The number of nitrogens with one attached hydrogen (secondary N) is 1. The van der Waals surface area contributed by atoms with Gasteiger partial charge in [0.05, 0.1) is 9.95 Å². The van der Waals surface area contributed by atoms with Gasteiger partial charge in [-0.25, -0.2) is 0 Å². The second-order valence-corrected chi connectivity index (χ2v) is 7.35. The molecule has 2 heterocycles. The third kappa shape index (κ3) is 4.07. The Kier molecular flexibility index (Phi) is 5.44. The number of nitrogens with zero attached hydrogens (tertiary/aromatic N) is 2. The highest BCUT2D eigenvalue weighted by molar-refractivity contribution is 6.32. The molecule has 1 fully saturated rings. The van der Waals surface area contributed by atoms with Crippen LogP contribution < -0.4 is 19.7 Å². The van der Waals surface area contributed by atoms with Gasteiger partial charge in [-0.15, -0.1) is 0 Å². The van der Waals surface area contributed by atoms with Crippen LogP contribution in [0.5, 0.6) is 11.5 Å². The van der Waals surface area contributed by atoms with Gasteiger partial charge in [0, 0.05) is 31.3 Å². The molecule has 29 heavy (non-hydrogen) atoms. The average Bonchev–Trinajstić information content (AvgIpc) is 3.26. The smallest absolute Gasteiger partial charge is 0.293 e. The van der Waals surface area contributed by atoms with Gasteiger partial charge in [0.25, 0.3) is 11.6 Å². The van der Waals surface area contributed by atoms with E-state index in [1.807, 2.05) is 4.90 Å². The maximum Gasteiger partial charge on any atom is 0.293 e. The summed E-state index contributed by atoms with van der Waals surface area (Å²) in [5.41, 5.74) is 1.49. The quantitative estimate of drug-likeness (QED) is 0.590. The Bertz CT molecular complexity index is 959. The molecular formula is C20H20ClN3O5. The highest BCUT2D eigenvalue weighted by Gasteiger charge is 2.24. The van der Waals surface area contributed by atoms with Gasteiger partial charge < -0.3 is 19.7 Å². The van der Waals surface area contributed by atoms with Gasteiger partial charge in [-0.05, 0) is 42.7 Å². The van der Waals surface area contributed by atoms with E-state index in [9.17, 15) is 14.9 Å². The molecule has 2 aromatic rings. The summed E-state index contributed by atoms with van der Waals surface area (Å²) in [7, 11) is 0. The van der Waals surface area contributed by atoms with Crippen molar-refractivity contribution in [3.05, 3.63) is 56.6 Å². The number of halogens is 1. The fraction of sp³-hybridized carbons (Fsp3) is 0.350. The highest BCUT2D eigenvalue weighted by Crippen LogP contribution is 2.38. The zero-order valence-electron chi connectivity index (χ0n) is 15.7. The van der Waals surface area contributed by atoms with Crippen molar-refractivity contribution >= 4 is 28.9 Å². The van der Waals surface area contributed by atoms with Crippen molar-refractivity contribution in [3.8, 4) is 11.5 Å². The summed E-state index contributed by atoms with van der Waals surface area (Å²) in [5, 5.41) is 14.7. The second-order valence-electron chi connectivity index (χ2n) is 6.94. The summed E-state index contributed by atoms with van der Waals surface area (Å²) in [6.45, 7) is 2.66. The summed E-state index contributed by atoms with van der Waals surface area (Å²) in [6.07, 6.45) is 2.02. The molecule has 1 N–H and O–H groups in total. The number of hydrogen-bond donors (Lipinski definition) is 1. The molecule has 0 unspecified atom stereocenters. The average molecular weight is 418 g/mol. The third-order valence-electron chi connectivity index (χ3n) is 4.99. The van der Waals surface area contributed by atoms with Crippen LogP contribution in [0.25, 0.3) is 0 Å². The van der Waals surface area contributed by atoms with Crippen molar-refractivity contribution in [2.24, 2.45) is 0 Å². The van der Waals surface area contributed by atoms with Crippen molar-refractivity contribution in [1.29, 1.82) is 0 Å². The van der Waals surface area contributed by atoms with Crippen LogP contribution in [0.2, 0.25) is 5.02 Å². The molecule has 0 bridgehead atoms. The molecule has 4 rings (SSSR count). The molecule has 152 valence electrons. The number of carbonyl (C=O) groups is 1. The zero-order chi connectivity index (χ0) is 20.4. The van der Waals surface area contributed by atoms with E-state index in [0.717, 1.165) is 31.5 Å². The van der Waals surface area contributed by atoms with E-state index in [0.29, 0.717) is 35.4 Å². The lowest BCUT2D eigenvalue weighted by atomic mass is 10.1. The van der Waals surface area contributed by atoms with Crippen LogP contribution in [0, 0.1) is 10.1 Å². The normalized spacial score (nSPS) is 15.3. The first-order valence-electron chi connectivity index (χ1n) is 9.42. The molecule has 0 atom stereocenters. The van der Waals surface area contributed by atoms with Crippen molar-refractivity contribution in [3.63, 3.8) is 0 Å². The van der Waals surface area contributed by atoms with Crippen molar-refractivity contribution in [2.75, 3.05) is 31.2 Å². The number of nitro benzene ring substituents is 1. The summed E-state index contributed by atoms with van der Waals surface area (Å²) in [5.74, 6) is 0.645. The van der Waals surface area contributed by atoms with Gasteiger partial charge in [-0.2, -0.15) is 0 Å². The van der Waals surface area contributed by atoms with Gasteiger partial charge in [0.15, 0.2) is 11.5 Å². The maximum absolute atomic E-state index is 12.6. The van der Waals surface area contributed by atoms with E-state index in [-0.39, 0.29) is 17.8 Å². The number of nitro groups is 1. The number of benzene rings is 2. The number of rotatable bonds is 5. The summed E-state index contributed by atoms with van der Waals surface area (Å²) in [4.78, 5) is 25.6. The zero-order valence-corrected chi connectivity index (χ0v) is 16.4. The number of ether oxygens (including phenoxy) is 2. The number of carbonyl (C=O) groups excluding carboxylic acids is 1. The van der Waals surface area contributed by atoms with E-state index >= 15 is 0 Å². The fourth-order valence-electron chi connectivity index (χ4n) is 3.59. The molecule has 9 heteroatoms. The van der Waals surface area contributed by atoms with Crippen LogP contribution in [-0.2, 0) is 6.54 Å². The van der Waals surface area contributed by atoms with Crippen LogP contribution in [0.15, 0.2) is 30.3 Å². The molecule has 1 amide bonds. The molecule has 2 aliphatic rings. The molecule has 0 aliphatic carbocycles. The second kappa shape index (κ2) is 8.16. The van der Waals surface area contributed by atoms with Crippen LogP contribution in [-0.4, -0.2) is 37.1 Å². The van der Waals surface area contributed by atoms with E-state index in [1.54, 1.807) is 24.3 Å². The Morgan fingerprint density at radius 2 is 1.93 bits per heavy atom. The predicted octanol–water partition coefficient (Wildman–Crippen LogP) is 3.55. The van der Waals surface area contributed by atoms with E-state index in [1.165, 1.54) is 6.07 Å². The molecule has 1 saturated heterocycles. The SMILES string of the molecule is O=C(NCc1cc(Cl)c2c(c1)OCCO2)c1ccc(N2CCCC2)c([N+](=O)[O-])c1. The Labute approximate surface area is 172 Å². The predicted molar refractivity (Wildman–Crippen MR) is 108 cm³/mol. The van der Waals surface area contributed by atoms with Gasteiger partial charge in [-0.1, -0.05) is 11.6 Å². The summed E-state index contributed by atoms with van der Waals surface area (Å²) in [6, 6.07) is 8.07. The summed E-state index contributed by atoms with van der Waals surface area (Å²) < 4.78 is 11.0.